The molecule has 5 rings (SSSR count). The summed E-state index contributed by atoms with van der Waals surface area (Å²) in [5.41, 5.74) is 5.34. The van der Waals surface area contributed by atoms with Gasteiger partial charge in [-0.2, -0.15) is 0 Å². The number of nitrogens with one attached hydrogen (secondary N) is 2. The number of ether oxygens (including phenoxy) is 1. The molecular formula is C19H14N4O3. The van der Waals surface area contributed by atoms with Crippen LogP contribution in [0.4, 0.5) is 0 Å². The van der Waals surface area contributed by atoms with Gasteiger partial charge < -0.3 is 15.0 Å². The maximum absolute atomic E-state index is 12.0. The molecule has 128 valence electrons. The maximum Gasteiger partial charge on any atom is 0.338 e. The number of amides is 1. The zero-order valence-electron chi connectivity index (χ0n) is 13.7. The molecular weight excluding hydrogens is 332 g/mol. The molecule has 0 aliphatic carbocycles. The number of aromatic nitrogens is 3. The van der Waals surface area contributed by atoms with Crippen LogP contribution in [-0.4, -0.2) is 33.4 Å². The van der Waals surface area contributed by atoms with Gasteiger partial charge in [0.1, 0.15) is 6.61 Å². The molecule has 2 aliphatic rings. The average molecular weight is 346 g/mol. The molecule has 2 N–H and O–H groups in total. The fourth-order valence-corrected chi connectivity index (χ4v) is 3.35. The highest BCUT2D eigenvalue weighted by Gasteiger charge is 2.22. The highest BCUT2D eigenvalue weighted by molar-refractivity contribution is 5.97. The number of hydrogen-bond acceptors (Lipinski definition) is 5. The molecule has 26 heavy (non-hydrogen) atoms. The molecule has 4 heterocycles. The number of nitrogens with zero attached hydrogens (tertiary/aromatic N) is 2. The minimum atomic E-state index is -0.295. The Kier molecular flexibility index (Phi) is 3.15. The van der Waals surface area contributed by atoms with Crippen LogP contribution in [0.25, 0.3) is 22.8 Å². The van der Waals surface area contributed by atoms with Gasteiger partial charge in [0.05, 0.1) is 22.5 Å². The number of H-pyrrole nitrogens is 1. The molecule has 0 saturated carbocycles. The molecule has 3 aromatic rings. The van der Waals surface area contributed by atoms with Crippen molar-refractivity contribution < 1.29 is 14.3 Å². The van der Waals surface area contributed by atoms with E-state index in [-0.39, 0.29) is 18.5 Å². The van der Waals surface area contributed by atoms with E-state index in [0.29, 0.717) is 29.2 Å². The highest BCUT2D eigenvalue weighted by atomic mass is 16.5. The van der Waals surface area contributed by atoms with E-state index in [1.54, 1.807) is 18.3 Å². The van der Waals surface area contributed by atoms with Crippen LogP contribution in [0.15, 0.2) is 36.5 Å². The lowest BCUT2D eigenvalue weighted by Crippen LogP contribution is -2.31. The summed E-state index contributed by atoms with van der Waals surface area (Å²) in [7, 11) is 0. The first kappa shape index (κ1) is 14.8. The Balaban J connectivity index is 1.54. The van der Waals surface area contributed by atoms with E-state index < -0.39 is 0 Å². The lowest BCUT2D eigenvalue weighted by Gasteiger charge is -2.10. The van der Waals surface area contributed by atoms with E-state index >= 15 is 0 Å². The van der Waals surface area contributed by atoms with Gasteiger partial charge in [0, 0.05) is 36.0 Å². The third-order valence-electron chi connectivity index (χ3n) is 4.68. The molecule has 0 unspecified atom stereocenters. The summed E-state index contributed by atoms with van der Waals surface area (Å²) in [6, 6.07) is 9.07. The molecule has 1 amide bonds. The number of aromatic amines is 1. The summed E-state index contributed by atoms with van der Waals surface area (Å²) in [6.07, 6.45) is 2.46. The summed E-state index contributed by atoms with van der Waals surface area (Å²) in [5, 5.41) is 2.84. The molecule has 2 aliphatic heterocycles. The second kappa shape index (κ2) is 5.52. The number of fused-ring (bicyclic) bond motifs is 2. The minimum Gasteiger partial charge on any atom is -0.457 e. The van der Waals surface area contributed by atoms with E-state index in [1.807, 2.05) is 18.2 Å². The van der Waals surface area contributed by atoms with Crippen LogP contribution in [0.3, 0.4) is 0 Å². The van der Waals surface area contributed by atoms with Crippen molar-refractivity contribution in [2.24, 2.45) is 0 Å². The topological polar surface area (TPSA) is 97.0 Å². The molecule has 0 spiro atoms. The van der Waals surface area contributed by atoms with Gasteiger partial charge in [-0.15, -0.1) is 0 Å². The van der Waals surface area contributed by atoms with Gasteiger partial charge in [-0.3, -0.25) is 4.79 Å². The van der Waals surface area contributed by atoms with Crippen LogP contribution >= 0.6 is 0 Å². The Labute approximate surface area is 148 Å². The monoisotopic (exact) mass is 346 g/mol. The lowest BCUT2D eigenvalue weighted by atomic mass is 10.1. The first-order valence-corrected chi connectivity index (χ1v) is 8.33. The predicted molar refractivity (Wildman–Crippen MR) is 92.4 cm³/mol. The predicted octanol–water partition coefficient (Wildman–Crippen LogP) is 2.09. The molecule has 0 radical (unpaired) electrons. The van der Waals surface area contributed by atoms with Crippen LogP contribution in [0.2, 0.25) is 0 Å². The second-order valence-corrected chi connectivity index (χ2v) is 6.29. The summed E-state index contributed by atoms with van der Waals surface area (Å²) in [4.78, 5) is 35.8. The molecule has 7 nitrogen and oxygen atoms in total. The zero-order valence-corrected chi connectivity index (χ0v) is 13.7. The highest BCUT2D eigenvalue weighted by Crippen LogP contribution is 2.27. The Morgan fingerprint density at radius 2 is 2.00 bits per heavy atom. The van der Waals surface area contributed by atoms with Gasteiger partial charge in [0.25, 0.3) is 5.91 Å². The number of benzene rings is 1. The fourth-order valence-electron chi connectivity index (χ4n) is 3.35. The number of carbonyl (C=O) groups excluding carboxylic acids is 2. The smallest absolute Gasteiger partial charge is 0.338 e. The first-order chi connectivity index (χ1) is 12.7. The van der Waals surface area contributed by atoms with Gasteiger partial charge in [-0.1, -0.05) is 6.07 Å². The standard InChI is InChI=1S/C19H14N4O3/c24-18-13-8-16(22-14(13)3-6-21-18)15-4-5-20-17(23-15)10-1-2-12-11(7-10)9-26-19(12)25/h1-2,4-5,7-8,22H,3,6,9H2,(H,21,24). The Morgan fingerprint density at radius 1 is 1.08 bits per heavy atom. The second-order valence-electron chi connectivity index (χ2n) is 6.29. The number of cyclic esters (lactones) is 1. The van der Waals surface area contributed by atoms with Crippen LogP contribution in [0, 0.1) is 0 Å². The lowest BCUT2D eigenvalue weighted by molar-refractivity contribution is 0.0535. The van der Waals surface area contributed by atoms with Crippen molar-refractivity contribution in [1.82, 2.24) is 20.3 Å². The first-order valence-electron chi connectivity index (χ1n) is 8.33. The quantitative estimate of drug-likeness (QED) is 0.693. The summed E-state index contributed by atoms with van der Waals surface area (Å²) >= 11 is 0. The van der Waals surface area contributed by atoms with E-state index in [1.165, 1.54) is 0 Å². The molecule has 2 aromatic heterocycles. The third-order valence-corrected chi connectivity index (χ3v) is 4.68. The zero-order chi connectivity index (χ0) is 17.7. The number of rotatable bonds is 2. The van der Waals surface area contributed by atoms with Crippen molar-refractivity contribution in [2.75, 3.05) is 6.54 Å². The molecule has 0 fully saturated rings. The van der Waals surface area contributed by atoms with Gasteiger partial charge in [-0.05, 0) is 24.3 Å². The van der Waals surface area contributed by atoms with E-state index in [0.717, 1.165) is 28.9 Å². The van der Waals surface area contributed by atoms with Crippen LogP contribution in [0.1, 0.15) is 32.0 Å². The largest absolute Gasteiger partial charge is 0.457 e. The summed E-state index contributed by atoms with van der Waals surface area (Å²) in [6.45, 7) is 0.914. The van der Waals surface area contributed by atoms with Crippen LogP contribution < -0.4 is 5.32 Å². The summed E-state index contributed by atoms with van der Waals surface area (Å²) < 4.78 is 5.04. The minimum absolute atomic E-state index is 0.0636. The van der Waals surface area contributed by atoms with Gasteiger partial charge in [-0.25, -0.2) is 14.8 Å². The average Bonchev–Trinajstić information content (AvgIpc) is 3.27. The fraction of sp³-hybridized carbons (Fsp3) is 0.158. The molecule has 0 saturated heterocycles. The molecule has 0 atom stereocenters. The Bertz CT molecular complexity index is 1070. The SMILES string of the molecule is O=C1OCc2cc(-c3nccc(-c4cc5c([nH]4)CCNC5=O)n3)ccc21. The van der Waals surface area contributed by atoms with Gasteiger partial charge >= 0.3 is 5.97 Å². The molecule has 0 bridgehead atoms. The van der Waals surface area contributed by atoms with Crippen molar-refractivity contribution in [1.29, 1.82) is 0 Å². The number of carbonyl (C=O) groups is 2. The van der Waals surface area contributed by atoms with Crippen molar-refractivity contribution in [3.05, 3.63) is 58.9 Å². The van der Waals surface area contributed by atoms with Crippen LogP contribution in [-0.2, 0) is 17.8 Å². The van der Waals surface area contributed by atoms with Crippen molar-refractivity contribution in [3.63, 3.8) is 0 Å². The number of hydrogen-bond donors (Lipinski definition) is 2. The molecule has 7 heteroatoms. The van der Waals surface area contributed by atoms with E-state index in [9.17, 15) is 9.59 Å². The third kappa shape index (κ3) is 2.28. The van der Waals surface area contributed by atoms with Crippen molar-refractivity contribution >= 4 is 11.9 Å². The van der Waals surface area contributed by atoms with Gasteiger partial charge in [0.2, 0.25) is 0 Å². The maximum atomic E-state index is 12.0. The molecule has 1 aromatic carbocycles. The normalized spacial score (nSPS) is 15.2. The van der Waals surface area contributed by atoms with Gasteiger partial charge in [0.15, 0.2) is 5.82 Å². The number of esters is 1. The Morgan fingerprint density at radius 3 is 2.88 bits per heavy atom. The van der Waals surface area contributed by atoms with Crippen LogP contribution in [0.5, 0.6) is 0 Å². The van der Waals surface area contributed by atoms with Crippen molar-refractivity contribution in [2.45, 2.75) is 13.0 Å². The van der Waals surface area contributed by atoms with Crippen molar-refractivity contribution in [3.8, 4) is 22.8 Å². The summed E-state index contributed by atoms with van der Waals surface area (Å²) in [5.74, 6) is 0.199. The Hall–Kier alpha value is -3.48. The van der Waals surface area contributed by atoms with E-state index in [2.05, 4.69) is 20.3 Å². The van der Waals surface area contributed by atoms with E-state index in [4.69, 9.17) is 4.74 Å².